The van der Waals surface area contributed by atoms with Crippen LogP contribution in [0.5, 0.6) is 11.5 Å². The van der Waals surface area contributed by atoms with Crippen molar-refractivity contribution in [2.75, 3.05) is 20.2 Å². The van der Waals surface area contributed by atoms with Gasteiger partial charge in [0.1, 0.15) is 12.4 Å². The van der Waals surface area contributed by atoms with E-state index in [0.29, 0.717) is 36.8 Å². The number of carbonyl (C=O) groups is 2. The highest BCUT2D eigenvalue weighted by Crippen LogP contribution is 2.30. The van der Waals surface area contributed by atoms with Crippen molar-refractivity contribution in [3.05, 3.63) is 82.8 Å². The van der Waals surface area contributed by atoms with Gasteiger partial charge in [0.2, 0.25) is 5.91 Å². The minimum atomic E-state index is -0.262. The molecule has 0 aliphatic carbocycles. The number of aromatic nitrogens is 1. The summed E-state index contributed by atoms with van der Waals surface area (Å²) in [6.45, 7) is 4.67. The maximum atomic E-state index is 12.1. The third-order valence-corrected chi connectivity index (χ3v) is 4.91. The minimum absolute atomic E-state index is 0.177. The largest absolute Gasteiger partial charge is 0.493 e. The molecule has 1 aromatic heterocycles. The van der Waals surface area contributed by atoms with Crippen LogP contribution in [-0.4, -0.2) is 37.2 Å². The van der Waals surface area contributed by atoms with E-state index in [1.54, 1.807) is 49.6 Å². The van der Waals surface area contributed by atoms with Gasteiger partial charge in [-0.05, 0) is 49.8 Å². The number of ether oxygens (including phenoxy) is 2. The fourth-order valence-corrected chi connectivity index (χ4v) is 3.05. The molecule has 8 nitrogen and oxygen atoms in total. The molecule has 1 heterocycles. The first kappa shape index (κ1) is 23.6. The smallest absolute Gasteiger partial charge is 0.251 e. The van der Waals surface area contributed by atoms with Crippen LogP contribution >= 0.6 is 0 Å². The Balaban J connectivity index is 1.47. The summed E-state index contributed by atoms with van der Waals surface area (Å²) in [6.07, 6.45) is 3.11. The number of methoxy groups -OCH3 is 1. The average molecular weight is 450 g/mol. The highest BCUT2D eigenvalue weighted by atomic mass is 16.5. The number of carbonyl (C=O) groups excluding carboxylic acids is 2. The molecule has 0 spiro atoms. The first-order valence-corrected chi connectivity index (χ1v) is 10.5. The molecule has 2 N–H and O–H groups in total. The molecule has 2 amide bonds. The average Bonchev–Trinajstić information content (AvgIpc) is 3.16. The summed E-state index contributed by atoms with van der Waals surface area (Å²) in [4.78, 5) is 24.0. The minimum Gasteiger partial charge on any atom is -0.493 e. The number of benzene rings is 2. The Morgan fingerprint density at radius 3 is 2.48 bits per heavy atom. The second-order valence-electron chi connectivity index (χ2n) is 7.25. The van der Waals surface area contributed by atoms with E-state index in [1.807, 2.05) is 26.0 Å². The highest BCUT2D eigenvalue weighted by molar-refractivity contribution is 5.94. The Hall–Kier alpha value is -4.07. The molecule has 0 unspecified atom stereocenters. The second kappa shape index (κ2) is 11.5. The molecule has 0 aliphatic rings. The maximum absolute atomic E-state index is 12.1. The molecule has 0 bridgehead atoms. The van der Waals surface area contributed by atoms with E-state index in [0.717, 1.165) is 22.6 Å². The molecule has 33 heavy (non-hydrogen) atoms. The number of rotatable bonds is 10. The van der Waals surface area contributed by atoms with Crippen LogP contribution in [0.25, 0.3) is 6.08 Å². The predicted molar refractivity (Wildman–Crippen MR) is 124 cm³/mol. The normalized spacial score (nSPS) is 10.8. The lowest BCUT2D eigenvalue weighted by molar-refractivity contribution is -0.116. The van der Waals surface area contributed by atoms with Gasteiger partial charge >= 0.3 is 0 Å². The van der Waals surface area contributed by atoms with E-state index in [-0.39, 0.29) is 11.8 Å². The molecular formula is C25H27N3O5. The number of hydrogen-bond acceptors (Lipinski definition) is 6. The van der Waals surface area contributed by atoms with Gasteiger partial charge in [0.05, 0.1) is 18.4 Å². The lowest BCUT2D eigenvalue weighted by Crippen LogP contribution is -2.33. The Labute approximate surface area is 192 Å². The lowest BCUT2D eigenvalue weighted by Gasteiger charge is -2.11. The third-order valence-electron chi connectivity index (χ3n) is 4.91. The first-order valence-electron chi connectivity index (χ1n) is 10.5. The van der Waals surface area contributed by atoms with Crippen molar-refractivity contribution in [2.45, 2.75) is 20.5 Å². The van der Waals surface area contributed by atoms with Gasteiger partial charge in [0.25, 0.3) is 5.91 Å². The van der Waals surface area contributed by atoms with Gasteiger partial charge in [0, 0.05) is 24.7 Å². The van der Waals surface area contributed by atoms with Crippen LogP contribution in [0.2, 0.25) is 0 Å². The quantitative estimate of drug-likeness (QED) is 0.363. The number of hydrogen-bond donors (Lipinski definition) is 2. The first-order chi connectivity index (χ1) is 16.0. The van der Waals surface area contributed by atoms with Crippen molar-refractivity contribution < 1.29 is 23.6 Å². The van der Waals surface area contributed by atoms with Crippen LogP contribution in [0.3, 0.4) is 0 Å². The molecule has 3 aromatic rings. The number of nitrogens with one attached hydrogen (secondary N) is 2. The molecule has 0 saturated heterocycles. The molecule has 0 aliphatic heterocycles. The number of nitrogens with zero attached hydrogens (tertiary/aromatic N) is 1. The molecule has 0 saturated carbocycles. The zero-order chi connectivity index (χ0) is 23.6. The van der Waals surface area contributed by atoms with Crippen molar-refractivity contribution >= 4 is 17.9 Å². The van der Waals surface area contributed by atoms with Crippen LogP contribution in [0.1, 0.15) is 32.9 Å². The maximum Gasteiger partial charge on any atom is 0.251 e. The Bertz CT molecular complexity index is 1100. The fourth-order valence-electron chi connectivity index (χ4n) is 3.05. The molecule has 0 radical (unpaired) electrons. The molecule has 3 rings (SSSR count). The standard InChI is InChI=1S/C25H27N3O5/c1-17-21(18(2)33-28-17)16-32-22-11-9-19(15-23(22)31-3)10-12-24(29)26-13-14-27-25(30)20-7-5-4-6-8-20/h4-12,15H,13-14,16H2,1-3H3,(H,26,29)(H,27,30)/b12-10+. The Morgan fingerprint density at radius 1 is 1.03 bits per heavy atom. The molecule has 0 atom stereocenters. The molecule has 172 valence electrons. The van der Waals surface area contributed by atoms with Crippen molar-refractivity contribution in [1.29, 1.82) is 0 Å². The van der Waals surface area contributed by atoms with E-state index in [1.165, 1.54) is 6.08 Å². The van der Waals surface area contributed by atoms with E-state index < -0.39 is 0 Å². The lowest BCUT2D eigenvalue weighted by atomic mass is 10.2. The van der Waals surface area contributed by atoms with E-state index in [2.05, 4.69) is 15.8 Å². The SMILES string of the molecule is COc1cc(/C=C/C(=O)NCCNC(=O)c2ccccc2)ccc1OCc1c(C)noc1C. The summed E-state index contributed by atoms with van der Waals surface area (Å²) < 4.78 is 16.4. The number of aryl methyl sites for hydroxylation is 2. The zero-order valence-electron chi connectivity index (χ0n) is 18.9. The van der Waals surface area contributed by atoms with Crippen molar-refractivity contribution in [3.63, 3.8) is 0 Å². The van der Waals surface area contributed by atoms with Crippen LogP contribution in [0.15, 0.2) is 59.1 Å². The van der Waals surface area contributed by atoms with Gasteiger partial charge in [0.15, 0.2) is 11.5 Å². The summed E-state index contributed by atoms with van der Waals surface area (Å²) in [5, 5.41) is 9.42. The van der Waals surface area contributed by atoms with Crippen molar-refractivity contribution in [3.8, 4) is 11.5 Å². The van der Waals surface area contributed by atoms with Gasteiger partial charge in [-0.15, -0.1) is 0 Å². The fraction of sp³-hybridized carbons (Fsp3) is 0.240. The monoisotopic (exact) mass is 449 g/mol. The third kappa shape index (κ3) is 6.70. The Kier molecular flexibility index (Phi) is 8.24. The second-order valence-corrected chi connectivity index (χ2v) is 7.25. The molecule has 0 fully saturated rings. The molecule has 2 aromatic carbocycles. The van der Waals surface area contributed by atoms with Crippen molar-refractivity contribution in [2.24, 2.45) is 0 Å². The van der Waals surface area contributed by atoms with Gasteiger partial charge in [-0.3, -0.25) is 9.59 Å². The Morgan fingerprint density at radius 2 is 1.79 bits per heavy atom. The van der Waals surface area contributed by atoms with Crippen LogP contribution < -0.4 is 20.1 Å². The van der Waals surface area contributed by atoms with E-state index in [4.69, 9.17) is 14.0 Å². The topological polar surface area (TPSA) is 103 Å². The summed E-state index contributed by atoms with van der Waals surface area (Å²) >= 11 is 0. The van der Waals surface area contributed by atoms with Gasteiger partial charge in [-0.1, -0.05) is 29.4 Å². The van der Waals surface area contributed by atoms with Gasteiger partial charge in [-0.2, -0.15) is 0 Å². The van der Waals surface area contributed by atoms with Crippen LogP contribution in [0.4, 0.5) is 0 Å². The zero-order valence-corrected chi connectivity index (χ0v) is 18.9. The van der Waals surface area contributed by atoms with E-state index >= 15 is 0 Å². The molecular weight excluding hydrogens is 422 g/mol. The van der Waals surface area contributed by atoms with Gasteiger partial charge < -0.3 is 24.6 Å². The number of amides is 2. The molecule has 8 heteroatoms. The highest BCUT2D eigenvalue weighted by Gasteiger charge is 2.12. The summed E-state index contributed by atoms with van der Waals surface area (Å²) in [6, 6.07) is 14.3. The van der Waals surface area contributed by atoms with Crippen LogP contribution in [-0.2, 0) is 11.4 Å². The van der Waals surface area contributed by atoms with Gasteiger partial charge in [-0.25, -0.2) is 0 Å². The predicted octanol–water partition coefficient (Wildman–Crippen LogP) is 3.44. The summed E-state index contributed by atoms with van der Waals surface area (Å²) in [5.74, 6) is 1.41. The van der Waals surface area contributed by atoms with E-state index in [9.17, 15) is 9.59 Å². The van der Waals surface area contributed by atoms with Crippen molar-refractivity contribution in [1.82, 2.24) is 15.8 Å². The summed E-state index contributed by atoms with van der Waals surface area (Å²) in [5.41, 5.74) is 3.05. The van der Waals surface area contributed by atoms with Crippen LogP contribution in [0, 0.1) is 13.8 Å². The summed E-state index contributed by atoms with van der Waals surface area (Å²) in [7, 11) is 1.56.